The van der Waals surface area contributed by atoms with E-state index in [0.717, 1.165) is 6.07 Å². The number of nitrogens with one attached hydrogen (secondary N) is 1. The lowest BCUT2D eigenvalue weighted by molar-refractivity contribution is -0.384. The van der Waals surface area contributed by atoms with E-state index in [1.165, 1.54) is 18.3 Å². The molecule has 0 saturated heterocycles. The van der Waals surface area contributed by atoms with Crippen LogP contribution in [0.25, 0.3) is 0 Å². The molecule has 1 N–H and O–H groups in total. The fraction of sp³-hybridized carbons (Fsp3) is 0. The van der Waals surface area contributed by atoms with Gasteiger partial charge < -0.3 is 0 Å². The molecule has 0 amide bonds. The summed E-state index contributed by atoms with van der Waals surface area (Å²) in [5, 5.41) is 17.7. The molecule has 0 aromatic carbocycles. The van der Waals surface area contributed by atoms with Crippen molar-refractivity contribution in [3.63, 3.8) is 0 Å². The Kier molecular flexibility index (Phi) is 3.64. The molecule has 0 aliphatic carbocycles. The van der Waals surface area contributed by atoms with Crippen LogP contribution in [0, 0.1) is 10.1 Å². The summed E-state index contributed by atoms with van der Waals surface area (Å²) < 4.78 is 25.5. The van der Waals surface area contributed by atoms with Gasteiger partial charge in [0.25, 0.3) is 15.7 Å². The molecular weight excluding hydrogens is 316 g/mol. The van der Waals surface area contributed by atoms with Crippen molar-refractivity contribution >= 4 is 44.5 Å². The van der Waals surface area contributed by atoms with Gasteiger partial charge in [0, 0.05) is 12.3 Å². The van der Waals surface area contributed by atoms with Crippen LogP contribution in [0.5, 0.6) is 0 Å². The monoisotopic (exact) mass is 320 g/mol. The normalized spacial score (nSPS) is 11.2. The molecule has 2 aromatic rings. The Bertz CT molecular complexity index is 716. The van der Waals surface area contributed by atoms with E-state index >= 15 is 0 Å². The van der Waals surface area contributed by atoms with Crippen molar-refractivity contribution in [1.82, 2.24) is 10.2 Å². The second-order valence-corrected chi connectivity index (χ2v) is 6.76. The van der Waals surface area contributed by atoms with Gasteiger partial charge in [-0.1, -0.05) is 11.6 Å². The van der Waals surface area contributed by atoms with E-state index < -0.39 is 20.6 Å². The number of nitro groups is 1. The molecule has 100 valence electrons. The summed E-state index contributed by atoms with van der Waals surface area (Å²) >= 11 is 6.20. The molecule has 2 heterocycles. The van der Waals surface area contributed by atoms with Crippen LogP contribution in [-0.2, 0) is 10.0 Å². The first-order chi connectivity index (χ1) is 8.90. The fourth-order valence-corrected chi connectivity index (χ4v) is 3.80. The molecule has 19 heavy (non-hydrogen) atoms. The van der Waals surface area contributed by atoms with Crippen LogP contribution >= 0.6 is 22.9 Å². The van der Waals surface area contributed by atoms with Crippen molar-refractivity contribution < 1.29 is 13.3 Å². The molecule has 0 aliphatic rings. The van der Waals surface area contributed by atoms with Crippen molar-refractivity contribution in [3.8, 4) is 0 Å². The van der Waals surface area contributed by atoms with E-state index in [1.54, 1.807) is 0 Å². The van der Waals surface area contributed by atoms with E-state index in [-0.39, 0.29) is 14.4 Å². The predicted molar refractivity (Wildman–Crippen MR) is 68.8 cm³/mol. The number of hydrogen-bond donors (Lipinski definition) is 1. The zero-order valence-electron chi connectivity index (χ0n) is 8.98. The molecule has 0 unspecified atom stereocenters. The van der Waals surface area contributed by atoms with Gasteiger partial charge in [-0.05, 0) is 12.1 Å². The number of sulfonamides is 1. The number of aromatic nitrogens is 2. The van der Waals surface area contributed by atoms with Gasteiger partial charge in [-0.15, -0.1) is 16.4 Å². The van der Waals surface area contributed by atoms with Crippen LogP contribution in [0.15, 0.2) is 28.6 Å². The lowest BCUT2D eigenvalue weighted by atomic mass is 10.5. The van der Waals surface area contributed by atoms with E-state index in [9.17, 15) is 18.5 Å². The maximum atomic E-state index is 11.9. The summed E-state index contributed by atoms with van der Waals surface area (Å²) in [7, 11) is -3.97. The highest BCUT2D eigenvalue weighted by Gasteiger charge is 2.25. The summed E-state index contributed by atoms with van der Waals surface area (Å²) in [4.78, 5) is 9.86. The Hall–Kier alpha value is -1.78. The largest absolute Gasteiger partial charge is 0.300 e. The summed E-state index contributed by atoms with van der Waals surface area (Å²) in [6.45, 7) is 0. The van der Waals surface area contributed by atoms with Crippen molar-refractivity contribution in [2.75, 3.05) is 4.72 Å². The quantitative estimate of drug-likeness (QED) is 0.679. The molecule has 2 rings (SSSR count). The standard InChI is InChI=1S/C8H5ClN4O4S2/c9-8-5(13(14)15)4-7(18-8)19(16,17)12-6-2-1-3-10-11-6/h1-4H,(H,11,12). The van der Waals surface area contributed by atoms with Crippen LogP contribution in [0.4, 0.5) is 11.5 Å². The first-order valence-electron chi connectivity index (χ1n) is 4.64. The minimum atomic E-state index is -3.97. The lowest BCUT2D eigenvalue weighted by Gasteiger charge is -2.02. The Morgan fingerprint density at radius 1 is 1.47 bits per heavy atom. The Morgan fingerprint density at radius 2 is 2.21 bits per heavy atom. The van der Waals surface area contributed by atoms with E-state index in [4.69, 9.17) is 11.6 Å². The minimum absolute atomic E-state index is 0.00896. The summed E-state index contributed by atoms with van der Waals surface area (Å²) in [5.41, 5.74) is -0.453. The number of rotatable bonds is 4. The van der Waals surface area contributed by atoms with Crippen molar-refractivity contribution in [2.24, 2.45) is 0 Å². The second-order valence-electron chi connectivity index (χ2n) is 3.20. The third-order valence-electron chi connectivity index (χ3n) is 1.92. The lowest BCUT2D eigenvalue weighted by Crippen LogP contribution is -2.12. The van der Waals surface area contributed by atoms with Crippen molar-refractivity contribution in [3.05, 3.63) is 38.8 Å². The Balaban J connectivity index is 2.35. The maximum Gasteiger partial charge on any atom is 0.300 e. The molecule has 0 spiro atoms. The smallest absolute Gasteiger partial charge is 0.261 e. The van der Waals surface area contributed by atoms with Crippen LogP contribution in [0.1, 0.15) is 0 Å². The zero-order valence-corrected chi connectivity index (χ0v) is 11.4. The molecule has 0 bridgehead atoms. The topological polar surface area (TPSA) is 115 Å². The molecular formula is C8H5ClN4O4S2. The molecule has 0 radical (unpaired) electrons. The number of halogens is 1. The Labute approximate surface area is 116 Å². The van der Waals surface area contributed by atoms with Gasteiger partial charge in [0.05, 0.1) is 4.92 Å². The van der Waals surface area contributed by atoms with Gasteiger partial charge in [-0.2, -0.15) is 5.10 Å². The van der Waals surface area contributed by atoms with E-state index in [0.29, 0.717) is 11.3 Å². The summed E-state index contributed by atoms with van der Waals surface area (Å²) in [5.74, 6) is 0.00896. The average molecular weight is 321 g/mol. The third-order valence-corrected chi connectivity index (χ3v) is 5.09. The second kappa shape index (κ2) is 5.07. The molecule has 0 saturated carbocycles. The van der Waals surface area contributed by atoms with Crippen molar-refractivity contribution in [2.45, 2.75) is 4.21 Å². The molecule has 11 heteroatoms. The van der Waals surface area contributed by atoms with Gasteiger partial charge in [0.1, 0.15) is 4.21 Å². The maximum absolute atomic E-state index is 11.9. The molecule has 0 atom stereocenters. The highest BCUT2D eigenvalue weighted by Crippen LogP contribution is 2.36. The van der Waals surface area contributed by atoms with Crippen LogP contribution < -0.4 is 4.72 Å². The predicted octanol–water partition coefficient (Wildman–Crippen LogP) is 1.90. The summed E-state index contributed by atoms with van der Waals surface area (Å²) in [6.07, 6.45) is 1.38. The summed E-state index contributed by atoms with van der Waals surface area (Å²) in [6, 6.07) is 3.79. The van der Waals surface area contributed by atoms with Gasteiger partial charge in [-0.3, -0.25) is 14.8 Å². The van der Waals surface area contributed by atoms with E-state index in [2.05, 4.69) is 14.9 Å². The fourth-order valence-electron chi connectivity index (χ4n) is 1.14. The first-order valence-corrected chi connectivity index (χ1v) is 7.32. The highest BCUT2D eigenvalue weighted by molar-refractivity contribution is 7.94. The van der Waals surface area contributed by atoms with Gasteiger partial charge in [0.2, 0.25) is 0 Å². The number of nitrogens with zero attached hydrogens (tertiary/aromatic N) is 3. The zero-order chi connectivity index (χ0) is 14.0. The number of hydrogen-bond acceptors (Lipinski definition) is 7. The minimum Gasteiger partial charge on any atom is -0.261 e. The molecule has 2 aromatic heterocycles. The SMILES string of the molecule is O=[N+]([O-])c1cc(S(=O)(=O)Nc2cccnn2)sc1Cl. The molecule has 0 fully saturated rings. The van der Waals surface area contributed by atoms with Crippen LogP contribution in [0.2, 0.25) is 4.34 Å². The average Bonchev–Trinajstić information content (AvgIpc) is 2.73. The van der Waals surface area contributed by atoms with Crippen LogP contribution in [-0.4, -0.2) is 23.5 Å². The van der Waals surface area contributed by atoms with Gasteiger partial charge in [-0.25, -0.2) is 8.42 Å². The number of anilines is 1. The van der Waals surface area contributed by atoms with Crippen LogP contribution in [0.3, 0.4) is 0 Å². The number of thiophene rings is 1. The van der Waals surface area contributed by atoms with Gasteiger partial charge >= 0.3 is 0 Å². The highest BCUT2D eigenvalue weighted by atomic mass is 35.5. The molecule has 8 nitrogen and oxygen atoms in total. The van der Waals surface area contributed by atoms with Gasteiger partial charge in [0.15, 0.2) is 10.2 Å². The third kappa shape index (κ3) is 2.97. The first kappa shape index (κ1) is 13.6. The molecule has 0 aliphatic heterocycles. The Morgan fingerprint density at radius 3 is 2.74 bits per heavy atom. The van der Waals surface area contributed by atoms with Crippen molar-refractivity contribution in [1.29, 1.82) is 0 Å². The van der Waals surface area contributed by atoms with E-state index in [1.807, 2.05) is 0 Å².